The lowest BCUT2D eigenvalue weighted by Gasteiger charge is -2.31. The van der Waals surface area contributed by atoms with Crippen LogP contribution in [0.15, 0.2) is 0 Å². The van der Waals surface area contributed by atoms with Crippen LogP contribution >= 0.6 is 0 Å². The van der Waals surface area contributed by atoms with Gasteiger partial charge in [0.1, 0.15) is 0 Å². The van der Waals surface area contributed by atoms with Crippen molar-refractivity contribution in [1.29, 1.82) is 0 Å². The molecule has 0 spiro atoms. The van der Waals surface area contributed by atoms with E-state index in [4.69, 9.17) is 5.73 Å². The van der Waals surface area contributed by atoms with Crippen LogP contribution in [-0.4, -0.2) is 53.0 Å². The third-order valence-electron chi connectivity index (χ3n) is 4.50. The number of hydrogen-bond acceptors (Lipinski definition) is 4. The highest BCUT2D eigenvalue weighted by molar-refractivity contribution is 4.83. The average molecular weight is 272 g/mol. The van der Waals surface area contributed by atoms with Crippen molar-refractivity contribution in [2.24, 2.45) is 11.7 Å². The van der Waals surface area contributed by atoms with Crippen LogP contribution in [0, 0.1) is 5.92 Å². The monoisotopic (exact) mass is 272 g/mol. The molecule has 3 atom stereocenters. The zero-order valence-electron chi connectivity index (χ0n) is 12.6. The summed E-state index contributed by atoms with van der Waals surface area (Å²) in [6.07, 6.45) is 5.67. The Morgan fingerprint density at radius 1 is 1.11 bits per heavy atom. The Kier molecular flexibility index (Phi) is 7.91. The number of nitrogens with zero attached hydrogens (tertiary/aromatic N) is 1. The zero-order chi connectivity index (χ0) is 14.3. The van der Waals surface area contributed by atoms with Crippen molar-refractivity contribution in [2.45, 2.75) is 70.6 Å². The predicted octanol–water partition coefficient (Wildman–Crippen LogP) is 1.35. The van der Waals surface area contributed by atoms with Gasteiger partial charge in [-0.05, 0) is 25.4 Å². The van der Waals surface area contributed by atoms with Gasteiger partial charge in [0.05, 0.1) is 12.2 Å². The van der Waals surface area contributed by atoms with E-state index in [1.54, 1.807) is 0 Å². The molecule has 1 aliphatic rings. The molecule has 2 unspecified atom stereocenters. The maximum atomic E-state index is 10.2. The minimum Gasteiger partial charge on any atom is -0.389 e. The number of aliphatic hydroxyl groups is 2. The van der Waals surface area contributed by atoms with E-state index >= 15 is 0 Å². The van der Waals surface area contributed by atoms with Crippen LogP contribution in [0.1, 0.15) is 52.4 Å². The normalized spacial score (nSPS) is 22.4. The number of rotatable bonds is 8. The van der Waals surface area contributed by atoms with Gasteiger partial charge < -0.3 is 20.8 Å². The quantitative estimate of drug-likeness (QED) is 0.624. The van der Waals surface area contributed by atoms with Crippen LogP contribution in [0.2, 0.25) is 0 Å². The molecule has 1 aliphatic carbocycles. The van der Waals surface area contributed by atoms with Gasteiger partial charge in [-0.2, -0.15) is 0 Å². The van der Waals surface area contributed by atoms with Crippen LogP contribution in [0.3, 0.4) is 0 Å². The summed E-state index contributed by atoms with van der Waals surface area (Å²) in [6.45, 7) is 6.40. The maximum absolute atomic E-state index is 10.2. The van der Waals surface area contributed by atoms with Crippen LogP contribution in [0.25, 0.3) is 0 Å². The minimum absolute atomic E-state index is 0.298. The molecule has 4 nitrogen and oxygen atoms in total. The minimum atomic E-state index is -0.803. The van der Waals surface area contributed by atoms with E-state index in [0.717, 1.165) is 19.5 Å². The van der Waals surface area contributed by atoms with Crippen LogP contribution in [0.5, 0.6) is 0 Å². The van der Waals surface area contributed by atoms with Gasteiger partial charge in [0, 0.05) is 12.6 Å². The molecule has 0 bridgehead atoms. The summed E-state index contributed by atoms with van der Waals surface area (Å²) in [5, 5.41) is 20.2. The summed E-state index contributed by atoms with van der Waals surface area (Å²) in [6, 6.07) is -0.298. The molecule has 19 heavy (non-hydrogen) atoms. The van der Waals surface area contributed by atoms with E-state index in [1.807, 2.05) is 0 Å². The van der Waals surface area contributed by atoms with Crippen molar-refractivity contribution >= 4 is 0 Å². The summed E-state index contributed by atoms with van der Waals surface area (Å²) in [7, 11) is 0. The molecule has 0 aliphatic heterocycles. The van der Waals surface area contributed by atoms with Gasteiger partial charge in [0.2, 0.25) is 0 Å². The molecule has 0 aromatic heterocycles. The van der Waals surface area contributed by atoms with E-state index < -0.39 is 12.2 Å². The molecule has 1 fully saturated rings. The van der Waals surface area contributed by atoms with Crippen molar-refractivity contribution in [3.63, 3.8) is 0 Å². The molecule has 0 aromatic rings. The lowest BCUT2D eigenvalue weighted by atomic mass is 9.83. The highest BCUT2D eigenvalue weighted by Gasteiger charge is 2.27. The van der Waals surface area contributed by atoms with Gasteiger partial charge in [-0.25, -0.2) is 0 Å². The number of aliphatic hydroxyl groups excluding tert-OH is 2. The average Bonchev–Trinajstić information content (AvgIpc) is 2.44. The van der Waals surface area contributed by atoms with Crippen LogP contribution < -0.4 is 5.73 Å². The molecular formula is C15H32N2O2. The second kappa shape index (κ2) is 8.90. The Labute approximate surface area is 118 Å². The number of hydrogen-bond donors (Lipinski definition) is 3. The van der Waals surface area contributed by atoms with Gasteiger partial charge in [-0.1, -0.05) is 46.0 Å². The SMILES string of the molecule is CCN(CC)CC(O)C(O)[C@@H](N)CC1CCCCC1. The molecule has 114 valence electrons. The molecule has 4 heteroatoms. The first-order valence-corrected chi connectivity index (χ1v) is 7.92. The standard InChI is InChI=1S/C15H32N2O2/c1-3-17(4-2)11-14(18)15(19)13(16)10-12-8-6-5-7-9-12/h12-15,18-19H,3-11,16H2,1-2H3/t13-,14?,15?/m0/s1. The maximum Gasteiger partial charge on any atom is 0.0962 e. The van der Waals surface area contributed by atoms with Gasteiger partial charge in [-0.3, -0.25) is 0 Å². The molecule has 0 radical (unpaired) electrons. The summed E-state index contributed by atoms with van der Waals surface area (Å²) in [4.78, 5) is 2.11. The van der Waals surface area contributed by atoms with E-state index in [1.165, 1.54) is 32.1 Å². The molecule has 0 amide bonds. The van der Waals surface area contributed by atoms with Crippen LogP contribution in [-0.2, 0) is 0 Å². The van der Waals surface area contributed by atoms with Gasteiger partial charge >= 0.3 is 0 Å². The fourth-order valence-electron chi connectivity index (χ4n) is 3.09. The van der Waals surface area contributed by atoms with Crippen molar-refractivity contribution in [3.05, 3.63) is 0 Å². The first-order chi connectivity index (χ1) is 9.08. The van der Waals surface area contributed by atoms with E-state index in [9.17, 15) is 10.2 Å². The lowest BCUT2D eigenvalue weighted by molar-refractivity contribution is -0.0182. The van der Waals surface area contributed by atoms with Gasteiger partial charge in [0.25, 0.3) is 0 Å². The molecular weight excluding hydrogens is 240 g/mol. The second-order valence-electron chi connectivity index (χ2n) is 5.95. The Bertz CT molecular complexity index is 228. The molecule has 1 saturated carbocycles. The van der Waals surface area contributed by atoms with Crippen LogP contribution in [0.4, 0.5) is 0 Å². The molecule has 0 aromatic carbocycles. The van der Waals surface area contributed by atoms with Crippen molar-refractivity contribution in [2.75, 3.05) is 19.6 Å². The summed E-state index contributed by atoms with van der Waals surface area (Å²) >= 11 is 0. The highest BCUT2D eigenvalue weighted by Crippen LogP contribution is 2.27. The number of nitrogens with two attached hydrogens (primary N) is 1. The third kappa shape index (κ3) is 5.78. The zero-order valence-corrected chi connectivity index (χ0v) is 12.6. The Balaban J connectivity index is 2.34. The largest absolute Gasteiger partial charge is 0.389 e. The fraction of sp³-hybridized carbons (Fsp3) is 1.00. The first kappa shape index (κ1) is 16.9. The Morgan fingerprint density at radius 2 is 1.68 bits per heavy atom. The lowest BCUT2D eigenvalue weighted by Crippen LogP contribution is -2.48. The van der Waals surface area contributed by atoms with E-state index in [2.05, 4.69) is 18.7 Å². The summed E-state index contributed by atoms with van der Waals surface area (Å²) in [5.41, 5.74) is 6.08. The molecule has 1 rings (SSSR count). The first-order valence-electron chi connectivity index (χ1n) is 7.92. The van der Waals surface area contributed by atoms with E-state index in [-0.39, 0.29) is 6.04 Å². The molecule has 0 heterocycles. The molecule has 4 N–H and O–H groups in total. The third-order valence-corrected chi connectivity index (χ3v) is 4.50. The Hall–Kier alpha value is -0.160. The van der Waals surface area contributed by atoms with E-state index in [0.29, 0.717) is 12.5 Å². The fourth-order valence-corrected chi connectivity index (χ4v) is 3.09. The predicted molar refractivity (Wildman–Crippen MR) is 79.0 cm³/mol. The van der Waals surface area contributed by atoms with Gasteiger partial charge in [-0.15, -0.1) is 0 Å². The molecule has 0 saturated heterocycles. The smallest absolute Gasteiger partial charge is 0.0962 e. The Morgan fingerprint density at radius 3 is 2.21 bits per heavy atom. The number of likely N-dealkylation sites (N-methyl/N-ethyl adjacent to an activating group) is 1. The van der Waals surface area contributed by atoms with Crippen molar-refractivity contribution in [1.82, 2.24) is 4.90 Å². The highest BCUT2D eigenvalue weighted by atomic mass is 16.3. The summed E-state index contributed by atoms with van der Waals surface area (Å²) in [5.74, 6) is 0.638. The van der Waals surface area contributed by atoms with Gasteiger partial charge in [0.15, 0.2) is 0 Å². The summed E-state index contributed by atoms with van der Waals surface area (Å²) < 4.78 is 0. The second-order valence-corrected chi connectivity index (χ2v) is 5.95. The topological polar surface area (TPSA) is 69.7 Å². The van der Waals surface area contributed by atoms with Crippen molar-refractivity contribution in [3.8, 4) is 0 Å². The van der Waals surface area contributed by atoms with Crippen molar-refractivity contribution < 1.29 is 10.2 Å².